The van der Waals surface area contributed by atoms with Gasteiger partial charge in [-0.2, -0.15) is 0 Å². The number of piperidine rings is 1. The number of methoxy groups -OCH3 is 2. The third-order valence-corrected chi connectivity index (χ3v) is 4.22. The zero-order chi connectivity index (χ0) is 15.4. The molecule has 2 atom stereocenters. The maximum Gasteiger partial charge on any atom is 0.200 e. The van der Waals surface area contributed by atoms with Crippen LogP contribution in [0.2, 0.25) is 0 Å². The lowest BCUT2D eigenvalue weighted by Gasteiger charge is -2.35. The Hall–Kier alpha value is -1.46. The first-order valence-electron chi connectivity index (χ1n) is 7.41. The quantitative estimate of drug-likeness (QED) is 0.868. The molecule has 118 valence electrons. The lowest BCUT2D eigenvalue weighted by molar-refractivity contribution is 0.174. The minimum atomic E-state index is 0.0522. The van der Waals surface area contributed by atoms with Crippen molar-refractivity contribution in [3.8, 4) is 17.2 Å². The minimum absolute atomic E-state index is 0.0522. The van der Waals surface area contributed by atoms with E-state index in [4.69, 9.17) is 9.47 Å². The molecule has 0 aliphatic carbocycles. The first-order valence-corrected chi connectivity index (χ1v) is 7.41. The van der Waals surface area contributed by atoms with E-state index in [1.54, 1.807) is 14.2 Å². The molecule has 1 fully saturated rings. The predicted octanol–water partition coefficient (Wildman–Crippen LogP) is 1.84. The van der Waals surface area contributed by atoms with E-state index >= 15 is 0 Å². The maximum atomic E-state index is 9.93. The van der Waals surface area contributed by atoms with Gasteiger partial charge in [-0.15, -0.1) is 0 Å². The zero-order valence-corrected chi connectivity index (χ0v) is 13.3. The fraction of sp³-hybridized carbons (Fsp3) is 0.625. The van der Waals surface area contributed by atoms with Gasteiger partial charge >= 0.3 is 0 Å². The van der Waals surface area contributed by atoms with Crippen molar-refractivity contribution in [2.24, 2.45) is 5.92 Å². The number of ether oxygens (including phenoxy) is 2. The van der Waals surface area contributed by atoms with Gasteiger partial charge in [0.15, 0.2) is 11.5 Å². The monoisotopic (exact) mass is 294 g/mol. The first kappa shape index (κ1) is 15.9. The number of rotatable bonds is 5. The van der Waals surface area contributed by atoms with Gasteiger partial charge in [-0.1, -0.05) is 6.92 Å². The van der Waals surface area contributed by atoms with Crippen LogP contribution in [0, 0.1) is 5.92 Å². The maximum absolute atomic E-state index is 9.93. The number of phenolic OH excluding ortho intramolecular Hbond substituents is 1. The molecule has 1 aliphatic rings. The molecule has 2 N–H and O–H groups in total. The van der Waals surface area contributed by atoms with Crippen molar-refractivity contribution in [2.45, 2.75) is 25.9 Å². The second-order valence-corrected chi connectivity index (χ2v) is 5.86. The molecule has 1 aliphatic heterocycles. The van der Waals surface area contributed by atoms with Crippen LogP contribution in [0.3, 0.4) is 0 Å². The van der Waals surface area contributed by atoms with Crippen molar-refractivity contribution in [3.63, 3.8) is 0 Å². The summed E-state index contributed by atoms with van der Waals surface area (Å²) in [4.78, 5) is 2.37. The standard InChI is InChI=1S/C16H26N2O3/c1-11-10-18(2)6-5-13(11)17-9-12-7-14(20-3)16(19)15(8-12)21-4/h7-8,11,13,17,19H,5-6,9-10H2,1-4H3. The zero-order valence-electron chi connectivity index (χ0n) is 13.3. The van der Waals surface area contributed by atoms with E-state index in [1.165, 1.54) is 0 Å². The Morgan fingerprint density at radius 2 is 1.90 bits per heavy atom. The number of aromatic hydroxyl groups is 1. The number of nitrogens with one attached hydrogen (secondary N) is 1. The molecule has 1 aromatic carbocycles. The molecule has 2 rings (SSSR count). The van der Waals surface area contributed by atoms with Crippen molar-refractivity contribution < 1.29 is 14.6 Å². The van der Waals surface area contributed by atoms with Crippen molar-refractivity contribution in [1.29, 1.82) is 0 Å². The van der Waals surface area contributed by atoms with Crippen LogP contribution in [0.1, 0.15) is 18.9 Å². The van der Waals surface area contributed by atoms with Gasteiger partial charge in [0.1, 0.15) is 0 Å². The number of hydrogen-bond donors (Lipinski definition) is 2. The SMILES string of the molecule is COc1cc(CNC2CCN(C)CC2C)cc(OC)c1O. The Bertz CT molecular complexity index is 454. The Morgan fingerprint density at radius 3 is 2.43 bits per heavy atom. The molecule has 0 spiro atoms. The molecule has 0 aromatic heterocycles. The van der Waals surface area contributed by atoms with E-state index in [9.17, 15) is 5.11 Å². The van der Waals surface area contributed by atoms with E-state index < -0.39 is 0 Å². The lowest BCUT2D eigenvalue weighted by Crippen LogP contribution is -2.46. The largest absolute Gasteiger partial charge is 0.502 e. The van der Waals surface area contributed by atoms with Crippen molar-refractivity contribution in [1.82, 2.24) is 10.2 Å². The summed E-state index contributed by atoms with van der Waals surface area (Å²) >= 11 is 0. The van der Waals surface area contributed by atoms with Crippen molar-refractivity contribution in [3.05, 3.63) is 17.7 Å². The van der Waals surface area contributed by atoms with Crippen LogP contribution in [-0.4, -0.2) is 50.4 Å². The normalized spacial score (nSPS) is 23.0. The second kappa shape index (κ2) is 7.00. The predicted molar refractivity (Wildman–Crippen MR) is 83.1 cm³/mol. The Balaban J connectivity index is 2.03. The molecule has 0 radical (unpaired) electrons. The van der Waals surface area contributed by atoms with Gasteiger partial charge in [-0.25, -0.2) is 0 Å². The minimum Gasteiger partial charge on any atom is -0.502 e. The number of phenols is 1. The fourth-order valence-electron chi connectivity index (χ4n) is 2.96. The molecule has 1 aromatic rings. The summed E-state index contributed by atoms with van der Waals surface area (Å²) in [6.45, 7) is 5.28. The van der Waals surface area contributed by atoms with Crippen molar-refractivity contribution >= 4 is 0 Å². The summed E-state index contributed by atoms with van der Waals surface area (Å²) in [5, 5.41) is 13.5. The average Bonchev–Trinajstić information content (AvgIpc) is 2.47. The Morgan fingerprint density at radius 1 is 1.29 bits per heavy atom. The van der Waals surface area contributed by atoms with Gasteiger partial charge in [-0.05, 0) is 43.6 Å². The van der Waals surface area contributed by atoms with Gasteiger partial charge in [0, 0.05) is 19.1 Å². The summed E-state index contributed by atoms with van der Waals surface area (Å²) in [7, 11) is 5.26. The van der Waals surface area contributed by atoms with E-state index in [-0.39, 0.29) is 5.75 Å². The lowest BCUT2D eigenvalue weighted by atomic mass is 9.94. The number of likely N-dealkylation sites (tertiary alicyclic amines) is 1. The Kier molecular flexibility index (Phi) is 5.31. The number of nitrogens with zero attached hydrogens (tertiary/aromatic N) is 1. The third-order valence-electron chi connectivity index (χ3n) is 4.22. The van der Waals surface area contributed by atoms with E-state index in [1.807, 2.05) is 12.1 Å². The summed E-state index contributed by atoms with van der Waals surface area (Å²) in [6, 6.07) is 4.22. The molecule has 5 nitrogen and oxygen atoms in total. The molecule has 0 bridgehead atoms. The van der Waals surface area contributed by atoms with Crippen molar-refractivity contribution in [2.75, 3.05) is 34.4 Å². The van der Waals surface area contributed by atoms with Crippen LogP contribution >= 0.6 is 0 Å². The molecular weight excluding hydrogens is 268 g/mol. The smallest absolute Gasteiger partial charge is 0.200 e. The van der Waals surface area contributed by atoms with Gasteiger partial charge in [0.25, 0.3) is 0 Å². The highest BCUT2D eigenvalue weighted by Crippen LogP contribution is 2.37. The van der Waals surface area contributed by atoms with Crippen LogP contribution < -0.4 is 14.8 Å². The highest BCUT2D eigenvalue weighted by molar-refractivity contribution is 5.52. The summed E-state index contributed by atoms with van der Waals surface area (Å²) in [6.07, 6.45) is 1.16. The first-order chi connectivity index (χ1) is 10.0. The highest BCUT2D eigenvalue weighted by Gasteiger charge is 2.23. The fourth-order valence-corrected chi connectivity index (χ4v) is 2.96. The molecule has 1 saturated heterocycles. The van der Waals surface area contributed by atoms with E-state index in [2.05, 4.69) is 24.2 Å². The van der Waals surface area contributed by atoms with Crippen LogP contribution in [0.5, 0.6) is 17.2 Å². The van der Waals surface area contributed by atoms with Crippen LogP contribution in [-0.2, 0) is 6.54 Å². The molecule has 2 unspecified atom stereocenters. The topological polar surface area (TPSA) is 54.0 Å². The molecule has 1 heterocycles. The molecule has 0 amide bonds. The summed E-state index contributed by atoms with van der Waals surface area (Å²) < 4.78 is 10.4. The number of hydrogen-bond acceptors (Lipinski definition) is 5. The van der Waals surface area contributed by atoms with Gasteiger partial charge < -0.3 is 24.8 Å². The van der Waals surface area contributed by atoms with E-state index in [0.717, 1.165) is 31.6 Å². The number of benzene rings is 1. The third kappa shape index (κ3) is 3.80. The average molecular weight is 294 g/mol. The van der Waals surface area contributed by atoms with Gasteiger partial charge in [-0.3, -0.25) is 0 Å². The van der Waals surface area contributed by atoms with Gasteiger partial charge in [0.05, 0.1) is 14.2 Å². The van der Waals surface area contributed by atoms with Crippen LogP contribution in [0.25, 0.3) is 0 Å². The van der Waals surface area contributed by atoms with Crippen LogP contribution in [0.15, 0.2) is 12.1 Å². The molecular formula is C16H26N2O3. The molecule has 0 saturated carbocycles. The summed E-state index contributed by atoms with van der Waals surface area (Å²) in [5.41, 5.74) is 1.05. The van der Waals surface area contributed by atoms with Gasteiger partial charge in [0.2, 0.25) is 5.75 Å². The van der Waals surface area contributed by atoms with Crippen LogP contribution in [0.4, 0.5) is 0 Å². The highest BCUT2D eigenvalue weighted by atomic mass is 16.5. The summed E-state index contributed by atoms with van der Waals surface area (Å²) in [5.74, 6) is 1.58. The molecule has 21 heavy (non-hydrogen) atoms. The molecule has 5 heteroatoms. The van der Waals surface area contributed by atoms with E-state index in [0.29, 0.717) is 23.5 Å². The second-order valence-electron chi connectivity index (χ2n) is 5.86. The Labute approximate surface area is 126 Å².